The Labute approximate surface area is 101 Å². The van der Waals surface area contributed by atoms with E-state index in [0.717, 1.165) is 5.56 Å². The van der Waals surface area contributed by atoms with Crippen molar-refractivity contribution in [3.8, 4) is 17.2 Å². The molecule has 17 heavy (non-hydrogen) atoms. The Kier molecular flexibility index (Phi) is 4.82. The predicted octanol–water partition coefficient (Wildman–Crippen LogP) is 2.23. The summed E-state index contributed by atoms with van der Waals surface area (Å²) in [5, 5.41) is 0. The van der Waals surface area contributed by atoms with Gasteiger partial charge >= 0.3 is 0 Å². The van der Waals surface area contributed by atoms with Crippen LogP contribution in [0.25, 0.3) is 0 Å². The van der Waals surface area contributed by atoms with Gasteiger partial charge in [-0.25, -0.2) is 0 Å². The van der Waals surface area contributed by atoms with Crippen LogP contribution in [-0.2, 0) is 11.2 Å². The van der Waals surface area contributed by atoms with E-state index >= 15 is 0 Å². The van der Waals surface area contributed by atoms with Crippen LogP contribution in [0.1, 0.15) is 18.9 Å². The summed E-state index contributed by atoms with van der Waals surface area (Å²) in [6, 6.07) is 3.62. The average molecular weight is 238 g/mol. The molecule has 0 aliphatic heterocycles. The molecule has 0 fully saturated rings. The minimum absolute atomic E-state index is 0.154. The van der Waals surface area contributed by atoms with Crippen molar-refractivity contribution in [2.24, 2.45) is 0 Å². The van der Waals surface area contributed by atoms with E-state index in [0.29, 0.717) is 30.1 Å². The maximum absolute atomic E-state index is 11.0. The summed E-state index contributed by atoms with van der Waals surface area (Å²) in [5.74, 6) is 2.13. The number of carbonyl (C=O) groups is 1. The number of hydrogen-bond donors (Lipinski definition) is 0. The van der Waals surface area contributed by atoms with Crippen molar-refractivity contribution in [3.05, 3.63) is 17.7 Å². The zero-order valence-corrected chi connectivity index (χ0v) is 10.7. The summed E-state index contributed by atoms with van der Waals surface area (Å²) in [6.07, 6.45) is 1.13. The lowest BCUT2D eigenvalue weighted by molar-refractivity contribution is -0.116. The highest BCUT2D eigenvalue weighted by molar-refractivity contribution is 5.75. The van der Waals surface area contributed by atoms with Gasteiger partial charge in [0.1, 0.15) is 11.5 Å². The van der Waals surface area contributed by atoms with Gasteiger partial charge in [0.2, 0.25) is 0 Å². The lowest BCUT2D eigenvalue weighted by Gasteiger charge is -2.13. The van der Waals surface area contributed by atoms with Crippen LogP contribution in [0, 0.1) is 0 Å². The van der Waals surface area contributed by atoms with Gasteiger partial charge in [-0.1, -0.05) is 0 Å². The molecular weight excluding hydrogens is 220 g/mol. The fourth-order valence-corrected chi connectivity index (χ4v) is 1.60. The molecule has 0 unspecified atom stereocenters. The van der Waals surface area contributed by atoms with Gasteiger partial charge in [-0.05, 0) is 25.0 Å². The van der Waals surface area contributed by atoms with Crippen molar-refractivity contribution in [1.82, 2.24) is 0 Å². The third-order valence-electron chi connectivity index (χ3n) is 2.53. The largest absolute Gasteiger partial charge is 0.496 e. The van der Waals surface area contributed by atoms with Crippen LogP contribution in [0.3, 0.4) is 0 Å². The summed E-state index contributed by atoms with van der Waals surface area (Å²) in [7, 11) is 4.75. The number of hydrogen-bond acceptors (Lipinski definition) is 4. The van der Waals surface area contributed by atoms with E-state index < -0.39 is 0 Å². The predicted molar refractivity (Wildman–Crippen MR) is 65.1 cm³/mol. The lowest BCUT2D eigenvalue weighted by Crippen LogP contribution is -1.99. The third kappa shape index (κ3) is 3.37. The molecule has 1 rings (SSSR count). The molecule has 0 heterocycles. The molecule has 0 spiro atoms. The molecule has 0 radical (unpaired) electrons. The molecule has 0 N–H and O–H groups in total. The summed E-state index contributed by atoms with van der Waals surface area (Å²) >= 11 is 0. The number of ketones is 1. The monoisotopic (exact) mass is 238 g/mol. The van der Waals surface area contributed by atoms with Crippen molar-refractivity contribution in [2.45, 2.75) is 19.8 Å². The second kappa shape index (κ2) is 6.13. The fourth-order valence-electron chi connectivity index (χ4n) is 1.60. The number of benzene rings is 1. The molecule has 0 saturated carbocycles. The molecule has 0 aliphatic carbocycles. The Balaban J connectivity index is 3.05. The van der Waals surface area contributed by atoms with Gasteiger partial charge in [0.25, 0.3) is 0 Å². The van der Waals surface area contributed by atoms with Crippen molar-refractivity contribution in [1.29, 1.82) is 0 Å². The second-order valence-electron chi connectivity index (χ2n) is 3.72. The maximum Gasteiger partial charge on any atom is 0.164 e. The molecule has 0 aliphatic rings. The van der Waals surface area contributed by atoms with E-state index in [1.807, 2.05) is 6.07 Å². The van der Waals surface area contributed by atoms with Crippen molar-refractivity contribution < 1.29 is 19.0 Å². The van der Waals surface area contributed by atoms with Crippen LogP contribution < -0.4 is 14.2 Å². The molecule has 94 valence electrons. The Hall–Kier alpha value is -1.71. The smallest absolute Gasteiger partial charge is 0.164 e. The molecule has 4 nitrogen and oxygen atoms in total. The molecular formula is C13H18O4. The number of rotatable bonds is 6. The van der Waals surface area contributed by atoms with Crippen molar-refractivity contribution in [2.75, 3.05) is 21.3 Å². The van der Waals surface area contributed by atoms with Crippen LogP contribution in [-0.4, -0.2) is 27.1 Å². The molecule has 0 aromatic heterocycles. The number of carbonyl (C=O) groups excluding carboxylic acids is 1. The minimum Gasteiger partial charge on any atom is -0.496 e. The zero-order chi connectivity index (χ0) is 12.8. The van der Waals surface area contributed by atoms with Crippen molar-refractivity contribution >= 4 is 5.78 Å². The number of ether oxygens (including phenoxy) is 3. The number of methoxy groups -OCH3 is 3. The van der Waals surface area contributed by atoms with Gasteiger partial charge in [-0.15, -0.1) is 0 Å². The Morgan fingerprint density at radius 2 is 1.53 bits per heavy atom. The first-order valence-corrected chi connectivity index (χ1v) is 5.40. The highest BCUT2D eigenvalue weighted by Gasteiger charge is 2.12. The highest BCUT2D eigenvalue weighted by Crippen LogP contribution is 2.35. The topological polar surface area (TPSA) is 44.8 Å². The first-order chi connectivity index (χ1) is 8.12. The first-order valence-electron chi connectivity index (χ1n) is 5.40. The van der Waals surface area contributed by atoms with Crippen molar-refractivity contribution in [3.63, 3.8) is 0 Å². The van der Waals surface area contributed by atoms with E-state index in [1.54, 1.807) is 34.3 Å². The van der Waals surface area contributed by atoms with Gasteiger partial charge in [-0.3, -0.25) is 0 Å². The Morgan fingerprint density at radius 3 is 2.00 bits per heavy atom. The van der Waals surface area contributed by atoms with E-state index in [9.17, 15) is 4.79 Å². The maximum atomic E-state index is 11.0. The molecule has 1 aromatic rings. The number of Topliss-reactive ketones (excluding diaryl/α,β-unsaturated/α-hetero) is 1. The fraction of sp³-hybridized carbons (Fsp3) is 0.462. The lowest BCUT2D eigenvalue weighted by atomic mass is 10.1. The Morgan fingerprint density at radius 1 is 1.00 bits per heavy atom. The average Bonchev–Trinajstić information content (AvgIpc) is 2.34. The van der Waals surface area contributed by atoms with Gasteiger partial charge in [0.05, 0.1) is 21.3 Å². The van der Waals surface area contributed by atoms with Crippen LogP contribution in [0.5, 0.6) is 17.2 Å². The van der Waals surface area contributed by atoms with E-state index in [4.69, 9.17) is 14.2 Å². The van der Waals surface area contributed by atoms with Crippen LogP contribution in [0.15, 0.2) is 12.1 Å². The second-order valence-corrected chi connectivity index (χ2v) is 3.72. The van der Waals surface area contributed by atoms with Crippen LogP contribution >= 0.6 is 0 Å². The quantitative estimate of drug-likeness (QED) is 0.762. The van der Waals surface area contributed by atoms with Crippen LogP contribution in [0.2, 0.25) is 0 Å². The summed E-state index contributed by atoms with van der Waals surface area (Å²) < 4.78 is 15.7. The Bertz CT molecular complexity index is 399. The number of aryl methyl sites for hydroxylation is 1. The first kappa shape index (κ1) is 13.4. The summed E-state index contributed by atoms with van der Waals surface area (Å²) in [5.41, 5.74) is 0.945. The molecule has 0 atom stereocenters. The SMILES string of the molecule is COc1cc(OC)c(OC)cc1CCC(C)=O. The van der Waals surface area contributed by atoms with Gasteiger partial charge in [-0.2, -0.15) is 0 Å². The summed E-state index contributed by atoms with van der Waals surface area (Å²) in [4.78, 5) is 11.0. The normalized spacial score (nSPS) is 9.88. The summed E-state index contributed by atoms with van der Waals surface area (Å²) in [6.45, 7) is 1.58. The van der Waals surface area contributed by atoms with E-state index in [1.165, 1.54) is 0 Å². The third-order valence-corrected chi connectivity index (χ3v) is 2.53. The van der Waals surface area contributed by atoms with Gasteiger partial charge < -0.3 is 19.0 Å². The van der Waals surface area contributed by atoms with E-state index in [2.05, 4.69) is 0 Å². The van der Waals surface area contributed by atoms with E-state index in [-0.39, 0.29) is 5.78 Å². The molecule has 4 heteroatoms. The van der Waals surface area contributed by atoms with Gasteiger partial charge in [0.15, 0.2) is 11.5 Å². The molecule has 0 bridgehead atoms. The highest BCUT2D eigenvalue weighted by atomic mass is 16.5. The standard InChI is InChI=1S/C13H18O4/c1-9(14)5-6-10-7-12(16-3)13(17-4)8-11(10)15-2/h7-8H,5-6H2,1-4H3. The van der Waals surface area contributed by atoms with Crippen LogP contribution in [0.4, 0.5) is 0 Å². The zero-order valence-electron chi connectivity index (χ0n) is 10.7. The van der Waals surface area contributed by atoms with Gasteiger partial charge in [0, 0.05) is 12.5 Å². The molecule has 0 saturated heterocycles. The minimum atomic E-state index is 0.154. The molecule has 0 amide bonds. The molecule has 1 aromatic carbocycles.